The van der Waals surface area contributed by atoms with Crippen LogP contribution in [0.25, 0.3) is 10.9 Å². The molecule has 0 N–H and O–H groups in total. The number of fused-ring (bicyclic) bond motifs is 1. The molecule has 1 atom stereocenters. The summed E-state index contributed by atoms with van der Waals surface area (Å²) in [6, 6.07) is 23.9. The van der Waals surface area contributed by atoms with Gasteiger partial charge < -0.3 is 14.8 Å². The van der Waals surface area contributed by atoms with Gasteiger partial charge in [-0.25, -0.2) is 8.42 Å². The fourth-order valence-corrected chi connectivity index (χ4v) is 5.42. The van der Waals surface area contributed by atoms with E-state index in [0.29, 0.717) is 18.1 Å². The average molecular weight is 472 g/mol. The maximum absolute atomic E-state index is 13.4. The van der Waals surface area contributed by atoms with Crippen LogP contribution in [0.1, 0.15) is 11.1 Å². The zero-order chi connectivity index (χ0) is 23.5. The predicted octanol–water partition coefficient (Wildman–Crippen LogP) is 5.47. The van der Waals surface area contributed by atoms with Gasteiger partial charge in [0.25, 0.3) is 10.0 Å². The Balaban J connectivity index is 1.52. The molecule has 3 aromatic rings. The van der Waals surface area contributed by atoms with E-state index in [1.54, 1.807) is 49.8 Å². The molecule has 0 spiro atoms. The Bertz CT molecular complexity index is 1380. The lowest BCUT2D eigenvalue weighted by molar-refractivity contribution is 0.284. The molecule has 2 heterocycles. The third kappa shape index (κ3) is 4.06. The number of allylic oxidation sites excluding steroid dienone is 2. The van der Waals surface area contributed by atoms with Crippen LogP contribution in [-0.4, -0.2) is 26.0 Å². The second-order valence-corrected chi connectivity index (χ2v) is 9.66. The highest BCUT2D eigenvalue weighted by atomic mass is 32.2. The van der Waals surface area contributed by atoms with E-state index in [1.807, 2.05) is 60.7 Å². The van der Waals surface area contributed by atoms with Crippen molar-refractivity contribution < 1.29 is 17.9 Å². The number of ether oxygens (including phenoxy) is 2. The molecule has 1 unspecified atom stereocenters. The van der Waals surface area contributed by atoms with Gasteiger partial charge in [0.1, 0.15) is 6.61 Å². The van der Waals surface area contributed by atoms with E-state index in [1.165, 1.54) is 4.31 Å². The number of nitrogens with zero attached hydrogens (tertiary/aromatic N) is 2. The zero-order valence-corrected chi connectivity index (χ0v) is 19.4. The van der Waals surface area contributed by atoms with Crippen molar-refractivity contribution in [2.45, 2.75) is 17.7 Å². The largest absolute Gasteiger partial charge is 0.667 e. The molecule has 0 fully saturated rings. The van der Waals surface area contributed by atoms with Crippen molar-refractivity contribution >= 4 is 15.6 Å². The number of hydrogen-bond donors (Lipinski definition) is 0. The van der Waals surface area contributed by atoms with E-state index in [0.717, 1.165) is 22.3 Å². The maximum Gasteiger partial charge on any atom is 0.263 e. The Morgan fingerprint density at radius 2 is 1.68 bits per heavy atom. The standard InChI is InChI=1S/C27H23N2O4S/c1-32-25-15-14-21(17-26(25)33-19-20-9-4-2-5-10-20)24-18-29(27-23(24)13-8-16-28-27)34(30,31)22-11-6-3-7-12-22/h2-18,27H,19H2,1H3/q-1. The van der Waals surface area contributed by atoms with E-state index in [2.05, 4.69) is 5.32 Å². The number of benzene rings is 3. The van der Waals surface area contributed by atoms with Gasteiger partial charge in [-0.15, -0.1) is 0 Å². The number of hydrogen-bond acceptors (Lipinski definition) is 4. The molecule has 0 radical (unpaired) electrons. The van der Waals surface area contributed by atoms with Crippen molar-refractivity contribution in [2.24, 2.45) is 0 Å². The second kappa shape index (κ2) is 9.11. The molecular weight excluding hydrogens is 448 g/mol. The van der Waals surface area contributed by atoms with Gasteiger partial charge in [0.2, 0.25) is 0 Å². The molecule has 172 valence electrons. The molecule has 2 aliphatic heterocycles. The van der Waals surface area contributed by atoms with Crippen LogP contribution < -0.4 is 9.47 Å². The van der Waals surface area contributed by atoms with Crippen LogP contribution in [0.3, 0.4) is 0 Å². The Morgan fingerprint density at radius 3 is 2.41 bits per heavy atom. The van der Waals surface area contributed by atoms with Crippen molar-refractivity contribution in [1.29, 1.82) is 0 Å². The molecule has 3 aromatic carbocycles. The first-order valence-electron chi connectivity index (χ1n) is 10.8. The Labute approximate surface area is 199 Å². The molecule has 0 aromatic heterocycles. The first kappa shape index (κ1) is 21.9. The van der Waals surface area contributed by atoms with E-state index in [9.17, 15) is 8.42 Å². The summed E-state index contributed by atoms with van der Waals surface area (Å²) in [5.41, 5.74) is 3.43. The quantitative estimate of drug-likeness (QED) is 0.458. The topological polar surface area (TPSA) is 69.9 Å². The molecule has 0 aliphatic carbocycles. The summed E-state index contributed by atoms with van der Waals surface area (Å²) in [7, 11) is -2.19. The minimum atomic E-state index is -3.79. The van der Waals surface area contributed by atoms with E-state index in [4.69, 9.17) is 9.47 Å². The highest BCUT2D eigenvalue weighted by Crippen LogP contribution is 2.43. The molecule has 5 rings (SSSR count). The number of sulfonamides is 1. The SMILES string of the molecule is COc1ccc(C2=CN(S(=O)(=O)c3ccccc3)C3[N-]C=CC=C23)cc1OCc1ccccc1. The fraction of sp³-hybridized carbons (Fsp3) is 0.111. The second-order valence-electron chi connectivity index (χ2n) is 7.82. The Hall–Kier alpha value is -3.97. The van der Waals surface area contributed by atoms with Crippen molar-refractivity contribution in [2.75, 3.05) is 7.11 Å². The third-order valence-corrected chi connectivity index (χ3v) is 7.43. The Morgan fingerprint density at radius 1 is 0.941 bits per heavy atom. The van der Waals surface area contributed by atoms with Crippen LogP contribution in [-0.2, 0) is 16.6 Å². The molecule has 0 saturated carbocycles. The van der Waals surface area contributed by atoms with Crippen LogP contribution in [0.4, 0.5) is 0 Å². The Kier molecular flexibility index (Phi) is 5.86. The molecule has 0 bridgehead atoms. The molecular formula is C27H23N2O4S-. The van der Waals surface area contributed by atoms with E-state index >= 15 is 0 Å². The summed E-state index contributed by atoms with van der Waals surface area (Å²) in [6.45, 7) is 0.387. The van der Waals surface area contributed by atoms with Gasteiger partial charge in [0.05, 0.1) is 12.0 Å². The van der Waals surface area contributed by atoms with Crippen LogP contribution in [0.2, 0.25) is 0 Å². The van der Waals surface area contributed by atoms with Crippen molar-refractivity contribution in [3.8, 4) is 11.5 Å². The van der Waals surface area contributed by atoms with Gasteiger partial charge in [0, 0.05) is 11.8 Å². The molecule has 0 saturated heterocycles. The smallest absolute Gasteiger partial charge is 0.263 e. The van der Waals surface area contributed by atoms with Gasteiger partial charge in [-0.05, 0) is 47.1 Å². The number of rotatable bonds is 7. The first-order chi connectivity index (χ1) is 16.6. The minimum Gasteiger partial charge on any atom is -0.667 e. The summed E-state index contributed by atoms with van der Waals surface area (Å²) >= 11 is 0. The monoisotopic (exact) mass is 471 g/mol. The van der Waals surface area contributed by atoms with Crippen molar-refractivity contribution in [3.63, 3.8) is 0 Å². The summed E-state index contributed by atoms with van der Waals surface area (Å²) in [5, 5.41) is 4.46. The zero-order valence-electron chi connectivity index (χ0n) is 18.5. The van der Waals surface area contributed by atoms with Crippen LogP contribution in [0.5, 0.6) is 11.5 Å². The number of methoxy groups -OCH3 is 1. The normalized spacial score (nSPS) is 16.9. The average Bonchev–Trinajstić information content (AvgIpc) is 3.29. The highest BCUT2D eigenvalue weighted by molar-refractivity contribution is 7.89. The maximum atomic E-state index is 13.4. The predicted molar refractivity (Wildman–Crippen MR) is 132 cm³/mol. The lowest BCUT2D eigenvalue weighted by Crippen LogP contribution is -2.33. The van der Waals surface area contributed by atoms with Crippen molar-refractivity contribution in [3.05, 3.63) is 125 Å². The van der Waals surface area contributed by atoms with Crippen LogP contribution in [0.15, 0.2) is 114 Å². The lowest BCUT2D eigenvalue weighted by Gasteiger charge is -2.37. The molecule has 34 heavy (non-hydrogen) atoms. The van der Waals surface area contributed by atoms with Gasteiger partial charge in [0.15, 0.2) is 11.5 Å². The van der Waals surface area contributed by atoms with Crippen molar-refractivity contribution in [1.82, 2.24) is 4.31 Å². The molecule has 2 aliphatic rings. The van der Waals surface area contributed by atoms with Gasteiger partial charge in [-0.3, -0.25) is 4.31 Å². The van der Waals surface area contributed by atoms with E-state index < -0.39 is 16.2 Å². The summed E-state index contributed by atoms with van der Waals surface area (Å²) in [5.74, 6) is 1.18. The first-order valence-corrected chi connectivity index (χ1v) is 12.2. The van der Waals surface area contributed by atoms with Gasteiger partial charge >= 0.3 is 0 Å². The van der Waals surface area contributed by atoms with Crippen LogP contribution >= 0.6 is 0 Å². The minimum absolute atomic E-state index is 0.221. The lowest BCUT2D eigenvalue weighted by atomic mass is 9.97. The molecule has 7 heteroatoms. The highest BCUT2D eigenvalue weighted by Gasteiger charge is 2.34. The van der Waals surface area contributed by atoms with E-state index in [-0.39, 0.29) is 4.90 Å². The molecule has 0 amide bonds. The molecule has 6 nitrogen and oxygen atoms in total. The summed E-state index contributed by atoms with van der Waals surface area (Å²) < 4.78 is 39.7. The van der Waals surface area contributed by atoms with Crippen LogP contribution in [0, 0.1) is 0 Å². The third-order valence-electron chi connectivity index (χ3n) is 5.71. The summed E-state index contributed by atoms with van der Waals surface area (Å²) in [4.78, 5) is 0.221. The van der Waals surface area contributed by atoms with Gasteiger partial charge in [-0.1, -0.05) is 66.7 Å². The summed E-state index contributed by atoms with van der Waals surface area (Å²) in [6.07, 6.45) is 6.34. The van der Waals surface area contributed by atoms with Gasteiger partial charge in [-0.2, -0.15) is 6.20 Å². The fourth-order valence-electron chi connectivity index (χ4n) is 4.00.